The second-order valence-electron chi connectivity index (χ2n) is 5.02. The smallest absolute Gasteiger partial charge is 0.266 e. The highest BCUT2D eigenvalue weighted by Gasteiger charge is 2.29. The van der Waals surface area contributed by atoms with Crippen LogP contribution in [0.15, 0.2) is 9.27 Å². The van der Waals surface area contributed by atoms with Crippen molar-refractivity contribution in [2.24, 2.45) is 5.92 Å². The van der Waals surface area contributed by atoms with Crippen molar-refractivity contribution >= 4 is 15.9 Å². The van der Waals surface area contributed by atoms with E-state index in [0.29, 0.717) is 11.8 Å². The first-order valence-corrected chi connectivity index (χ1v) is 6.68. The Morgan fingerprint density at radius 2 is 2.18 bits per heavy atom. The molecule has 1 N–H and O–H groups in total. The molecule has 4 heteroatoms. The lowest BCUT2D eigenvalue weighted by atomic mass is 9.98. The molecule has 1 aliphatic carbocycles. The number of pyridine rings is 1. The van der Waals surface area contributed by atoms with Crippen LogP contribution in [0.25, 0.3) is 0 Å². The van der Waals surface area contributed by atoms with Crippen LogP contribution in [-0.2, 0) is 6.42 Å². The van der Waals surface area contributed by atoms with Crippen molar-refractivity contribution in [2.75, 3.05) is 0 Å². The molecular formula is C13H15BrN2O. The Bertz CT molecular complexity index is 536. The van der Waals surface area contributed by atoms with Crippen molar-refractivity contribution in [3.63, 3.8) is 0 Å². The van der Waals surface area contributed by atoms with Crippen molar-refractivity contribution in [3.8, 4) is 6.07 Å². The number of aromatic nitrogens is 1. The molecule has 0 radical (unpaired) electrons. The van der Waals surface area contributed by atoms with Gasteiger partial charge in [0.25, 0.3) is 5.56 Å². The lowest BCUT2D eigenvalue weighted by Crippen LogP contribution is -2.18. The van der Waals surface area contributed by atoms with Gasteiger partial charge < -0.3 is 4.98 Å². The summed E-state index contributed by atoms with van der Waals surface area (Å²) in [6.45, 7) is 4.18. The number of H-pyrrole nitrogens is 1. The van der Waals surface area contributed by atoms with Gasteiger partial charge in [0.05, 0.1) is 0 Å². The molecule has 1 aromatic heterocycles. The maximum atomic E-state index is 11.9. The number of rotatable bonds is 3. The van der Waals surface area contributed by atoms with Crippen LogP contribution in [0.4, 0.5) is 0 Å². The highest BCUT2D eigenvalue weighted by atomic mass is 79.9. The Kier molecular flexibility index (Phi) is 3.39. The van der Waals surface area contributed by atoms with Crippen molar-refractivity contribution in [1.29, 1.82) is 5.26 Å². The second kappa shape index (κ2) is 4.66. The number of hydrogen-bond acceptors (Lipinski definition) is 2. The highest BCUT2D eigenvalue weighted by Crippen LogP contribution is 2.43. The second-order valence-corrected chi connectivity index (χ2v) is 5.81. The lowest BCUT2D eigenvalue weighted by Gasteiger charge is -2.12. The van der Waals surface area contributed by atoms with Crippen molar-refractivity contribution in [3.05, 3.63) is 31.6 Å². The van der Waals surface area contributed by atoms with Crippen molar-refractivity contribution < 1.29 is 0 Å². The topological polar surface area (TPSA) is 56.6 Å². The van der Waals surface area contributed by atoms with E-state index in [1.165, 1.54) is 0 Å². The largest absolute Gasteiger partial charge is 0.324 e. The third kappa shape index (κ3) is 2.44. The summed E-state index contributed by atoms with van der Waals surface area (Å²) < 4.78 is 0.935. The molecule has 17 heavy (non-hydrogen) atoms. The summed E-state index contributed by atoms with van der Waals surface area (Å²) in [6.07, 6.45) is 3.01. The van der Waals surface area contributed by atoms with Crippen molar-refractivity contribution in [2.45, 2.75) is 39.0 Å². The maximum absolute atomic E-state index is 11.9. The highest BCUT2D eigenvalue weighted by molar-refractivity contribution is 9.10. The monoisotopic (exact) mass is 294 g/mol. The van der Waals surface area contributed by atoms with Gasteiger partial charge in [-0.05, 0) is 46.7 Å². The van der Waals surface area contributed by atoms with Crippen LogP contribution in [-0.4, -0.2) is 4.98 Å². The molecule has 0 spiro atoms. The summed E-state index contributed by atoms with van der Waals surface area (Å²) >= 11 is 3.55. The number of nitrogens with one attached hydrogen (secondary N) is 1. The average Bonchev–Trinajstić information content (AvgIpc) is 3.06. The van der Waals surface area contributed by atoms with Crippen LogP contribution < -0.4 is 5.56 Å². The van der Waals surface area contributed by atoms with Gasteiger partial charge in [0, 0.05) is 16.1 Å². The van der Waals surface area contributed by atoms with E-state index in [4.69, 9.17) is 5.26 Å². The fourth-order valence-electron chi connectivity index (χ4n) is 2.02. The van der Waals surface area contributed by atoms with Crippen LogP contribution in [0.1, 0.15) is 49.4 Å². The van der Waals surface area contributed by atoms with Crippen LogP contribution in [0.5, 0.6) is 0 Å². The van der Waals surface area contributed by atoms with Gasteiger partial charge in [0.2, 0.25) is 0 Å². The van der Waals surface area contributed by atoms with Crippen LogP contribution in [0.2, 0.25) is 0 Å². The van der Waals surface area contributed by atoms with E-state index in [-0.39, 0.29) is 11.1 Å². The predicted molar refractivity (Wildman–Crippen MR) is 70.0 cm³/mol. The van der Waals surface area contributed by atoms with Gasteiger partial charge in [-0.15, -0.1) is 0 Å². The van der Waals surface area contributed by atoms with E-state index in [2.05, 4.69) is 34.8 Å². The summed E-state index contributed by atoms with van der Waals surface area (Å²) in [4.78, 5) is 14.7. The number of aromatic amines is 1. The first kappa shape index (κ1) is 12.4. The van der Waals surface area contributed by atoms with Crippen LogP contribution in [0, 0.1) is 17.2 Å². The van der Waals surface area contributed by atoms with Gasteiger partial charge in [-0.2, -0.15) is 5.26 Å². The molecule has 0 aromatic carbocycles. The molecule has 1 fully saturated rings. The first-order chi connectivity index (χ1) is 8.04. The van der Waals surface area contributed by atoms with Crippen LogP contribution >= 0.6 is 15.9 Å². The molecular weight excluding hydrogens is 280 g/mol. The quantitative estimate of drug-likeness (QED) is 0.931. The zero-order valence-electron chi connectivity index (χ0n) is 10.0. The van der Waals surface area contributed by atoms with E-state index in [0.717, 1.165) is 35.0 Å². The Hall–Kier alpha value is -1.08. The molecule has 1 aromatic rings. The summed E-state index contributed by atoms with van der Waals surface area (Å²) in [5.74, 6) is 0.892. The Balaban J connectivity index is 2.59. The molecule has 0 bridgehead atoms. The van der Waals surface area contributed by atoms with Gasteiger partial charge in [-0.3, -0.25) is 4.79 Å². The predicted octanol–water partition coefficient (Wildman–Crippen LogP) is 3.08. The summed E-state index contributed by atoms with van der Waals surface area (Å²) in [6, 6.07) is 2.02. The van der Waals surface area contributed by atoms with E-state index in [9.17, 15) is 4.79 Å². The Labute approximate surface area is 109 Å². The molecule has 0 aliphatic heterocycles. The zero-order chi connectivity index (χ0) is 12.6. The average molecular weight is 295 g/mol. The van der Waals surface area contributed by atoms with Crippen molar-refractivity contribution in [1.82, 2.24) is 4.98 Å². The summed E-state index contributed by atoms with van der Waals surface area (Å²) in [7, 11) is 0. The fraction of sp³-hybridized carbons (Fsp3) is 0.538. The van der Waals surface area contributed by atoms with E-state index < -0.39 is 0 Å². The fourth-order valence-corrected chi connectivity index (χ4v) is 2.80. The third-order valence-electron chi connectivity index (χ3n) is 2.99. The Morgan fingerprint density at radius 3 is 2.65 bits per heavy atom. The normalized spacial score (nSPS) is 15.0. The minimum atomic E-state index is -0.242. The van der Waals surface area contributed by atoms with E-state index in [1.54, 1.807) is 0 Å². The molecule has 0 unspecified atom stereocenters. The minimum absolute atomic E-state index is 0.242. The van der Waals surface area contributed by atoms with E-state index in [1.807, 2.05) is 6.07 Å². The van der Waals surface area contributed by atoms with Crippen LogP contribution in [0.3, 0.4) is 0 Å². The molecule has 90 valence electrons. The number of nitriles is 1. The summed E-state index contributed by atoms with van der Waals surface area (Å²) in [5.41, 5.74) is 1.86. The number of halogens is 1. The number of hydrogen-bond donors (Lipinski definition) is 1. The third-order valence-corrected chi connectivity index (χ3v) is 3.89. The number of nitrogens with zero attached hydrogens (tertiary/aromatic N) is 1. The maximum Gasteiger partial charge on any atom is 0.266 e. The molecule has 3 nitrogen and oxygen atoms in total. The molecule has 2 rings (SSSR count). The molecule has 0 atom stereocenters. The van der Waals surface area contributed by atoms with Gasteiger partial charge in [0.15, 0.2) is 0 Å². The summed E-state index contributed by atoms with van der Waals surface area (Å²) in [5, 5.41) is 9.09. The molecule has 1 aliphatic rings. The SMILES string of the molecule is CC(C)Cc1c(Br)c(C2CC2)[nH]c(=O)c1C#N. The zero-order valence-corrected chi connectivity index (χ0v) is 11.6. The van der Waals surface area contributed by atoms with Gasteiger partial charge in [0.1, 0.15) is 11.6 Å². The molecule has 0 amide bonds. The lowest BCUT2D eigenvalue weighted by molar-refractivity contribution is 0.641. The van der Waals surface area contributed by atoms with Gasteiger partial charge >= 0.3 is 0 Å². The molecule has 0 saturated heterocycles. The molecule has 1 saturated carbocycles. The van der Waals surface area contributed by atoms with E-state index >= 15 is 0 Å². The van der Waals surface area contributed by atoms with Gasteiger partial charge in [-0.1, -0.05) is 13.8 Å². The standard InChI is InChI=1S/C13H15BrN2O/c1-7(2)5-9-10(6-15)13(17)16-12(11(9)14)8-3-4-8/h7-8H,3-5H2,1-2H3,(H,16,17). The first-order valence-electron chi connectivity index (χ1n) is 5.89. The minimum Gasteiger partial charge on any atom is -0.324 e. The van der Waals surface area contributed by atoms with Gasteiger partial charge in [-0.25, -0.2) is 0 Å². The Morgan fingerprint density at radius 1 is 1.53 bits per heavy atom. The molecule has 1 heterocycles.